The third-order valence-corrected chi connectivity index (χ3v) is 4.51. The molecule has 21 heavy (non-hydrogen) atoms. The quantitative estimate of drug-likeness (QED) is 0.774. The first-order chi connectivity index (χ1) is 10.2. The van der Waals surface area contributed by atoms with Crippen LogP contribution in [0.3, 0.4) is 0 Å². The highest BCUT2D eigenvalue weighted by Crippen LogP contribution is 2.36. The predicted molar refractivity (Wildman–Crippen MR) is 86.3 cm³/mol. The van der Waals surface area contributed by atoms with Gasteiger partial charge in [-0.25, -0.2) is 4.98 Å². The van der Waals surface area contributed by atoms with Crippen molar-refractivity contribution < 1.29 is 9.47 Å². The van der Waals surface area contributed by atoms with E-state index in [-0.39, 0.29) is 0 Å². The number of hydrogen-bond donors (Lipinski definition) is 2. The Bertz CT molecular complexity index is 751. The molecule has 1 aromatic carbocycles. The van der Waals surface area contributed by atoms with Crippen molar-refractivity contribution >= 4 is 27.4 Å². The van der Waals surface area contributed by atoms with Gasteiger partial charge in [0.2, 0.25) is 0 Å². The number of hydrogen-bond acceptors (Lipinski definition) is 5. The molecule has 3 aromatic rings. The Balaban J connectivity index is 2.14. The van der Waals surface area contributed by atoms with E-state index in [0.29, 0.717) is 11.5 Å². The van der Waals surface area contributed by atoms with Crippen LogP contribution < -0.4 is 15.2 Å². The summed E-state index contributed by atoms with van der Waals surface area (Å²) in [7, 11) is 3.23. The molecular weight excluding hydrogens is 286 g/mol. The van der Waals surface area contributed by atoms with Gasteiger partial charge in [0.1, 0.15) is 5.82 Å². The number of rotatable bonds is 4. The number of aryl methyl sites for hydroxylation is 1. The lowest BCUT2D eigenvalue weighted by atomic mass is 10.2. The second kappa shape index (κ2) is 5.29. The largest absolute Gasteiger partial charge is 0.493 e. The SMILES string of the molecule is CCc1cc(-c2nc3cc(OC)c(OC)cc3[nH]2)c(N)s1. The number of fused-ring (bicyclic) bond motifs is 1. The molecule has 3 rings (SSSR count). The zero-order valence-electron chi connectivity index (χ0n) is 12.2. The Morgan fingerprint density at radius 2 is 1.90 bits per heavy atom. The van der Waals surface area contributed by atoms with Crippen LogP contribution in [0, 0.1) is 0 Å². The molecule has 5 nitrogen and oxygen atoms in total. The molecule has 2 aromatic heterocycles. The van der Waals surface area contributed by atoms with Crippen molar-refractivity contribution in [2.24, 2.45) is 0 Å². The summed E-state index contributed by atoms with van der Waals surface area (Å²) in [4.78, 5) is 9.16. The first-order valence-corrected chi connectivity index (χ1v) is 7.48. The second-order valence-electron chi connectivity index (χ2n) is 4.65. The van der Waals surface area contributed by atoms with Gasteiger partial charge in [0.15, 0.2) is 11.5 Å². The fourth-order valence-electron chi connectivity index (χ4n) is 2.28. The lowest BCUT2D eigenvalue weighted by molar-refractivity contribution is 0.356. The van der Waals surface area contributed by atoms with E-state index in [1.807, 2.05) is 12.1 Å². The summed E-state index contributed by atoms with van der Waals surface area (Å²) in [6.45, 7) is 2.11. The first-order valence-electron chi connectivity index (χ1n) is 6.66. The van der Waals surface area contributed by atoms with E-state index < -0.39 is 0 Å². The molecule has 0 saturated carbocycles. The zero-order chi connectivity index (χ0) is 15.0. The van der Waals surface area contributed by atoms with Gasteiger partial charge < -0.3 is 20.2 Å². The Morgan fingerprint density at radius 1 is 1.19 bits per heavy atom. The third kappa shape index (κ3) is 2.31. The summed E-state index contributed by atoms with van der Waals surface area (Å²) in [6, 6.07) is 5.83. The van der Waals surface area contributed by atoms with E-state index in [4.69, 9.17) is 15.2 Å². The van der Waals surface area contributed by atoms with Crippen LogP contribution in [0.5, 0.6) is 11.5 Å². The molecule has 6 heteroatoms. The fraction of sp³-hybridized carbons (Fsp3) is 0.267. The standard InChI is InChI=1S/C15H17N3O2S/c1-4-8-5-9(14(16)21-8)15-17-10-6-12(19-2)13(20-3)7-11(10)18-15/h5-7H,4,16H2,1-3H3,(H,17,18). The summed E-state index contributed by atoms with van der Waals surface area (Å²) in [6.07, 6.45) is 0.969. The molecule has 0 saturated heterocycles. The molecule has 0 aliphatic carbocycles. The molecule has 0 bridgehead atoms. The van der Waals surface area contributed by atoms with E-state index in [1.165, 1.54) is 4.88 Å². The van der Waals surface area contributed by atoms with Gasteiger partial charge in [0.05, 0.1) is 35.8 Å². The van der Waals surface area contributed by atoms with Crippen LogP contribution in [-0.2, 0) is 6.42 Å². The van der Waals surface area contributed by atoms with Crippen molar-refractivity contribution in [3.05, 3.63) is 23.1 Å². The molecule has 0 aliphatic rings. The number of benzene rings is 1. The van der Waals surface area contributed by atoms with E-state index in [1.54, 1.807) is 25.6 Å². The smallest absolute Gasteiger partial charge is 0.163 e. The average molecular weight is 303 g/mol. The number of aromatic nitrogens is 2. The molecular formula is C15H17N3O2S. The highest BCUT2D eigenvalue weighted by Gasteiger charge is 2.14. The Kier molecular flexibility index (Phi) is 3.47. The summed E-state index contributed by atoms with van der Waals surface area (Å²) in [5.41, 5.74) is 8.76. The number of imidazole rings is 1. The maximum atomic E-state index is 6.09. The van der Waals surface area contributed by atoms with Crippen LogP contribution in [0.4, 0.5) is 5.00 Å². The Morgan fingerprint density at radius 3 is 2.52 bits per heavy atom. The Labute approximate surface area is 126 Å². The fourth-order valence-corrected chi connectivity index (χ4v) is 3.15. The van der Waals surface area contributed by atoms with Crippen molar-refractivity contribution in [3.8, 4) is 22.9 Å². The monoisotopic (exact) mass is 303 g/mol. The number of nitrogen functional groups attached to an aromatic ring is 1. The molecule has 0 fully saturated rings. The summed E-state index contributed by atoms with van der Waals surface area (Å²) >= 11 is 1.60. The molecule has 110 valence electrons. The number of ether oxygens (including phenoxy) is 2. The summed E-state index contributed by atoms with van der Waals surface area (Å²) < 4.78 is 10.6. The van der Waals surface area contributed by atoms with Gasteiger partial charge in [0.25, 0.3) is 0 Å². The number of methoxy groups -OCH3 is 2. The number of H-pyrrole nitrogens is 1. The molecule has 0 atom stereocenters. The Hall–Kier alpha value is -2.21. The van der Waals surface area contributed by atoms with Gasteiger partial charge in [-0.15, -0.1) is 11.3 Å². The molecule has 3 N–H and O–H groups in total. The van der Waals surface area contributed by atoms with Crippen molar-refractivity contribution in [1.82, 2.24) is 9.97 Å². The van der Waals surface area contributed by atoms with Crippen LogP contribution in [0.25, 0.3) is 22.4 Å². The number of anilines is 1. The van der Waals surface area contributed by atoms with Gasteiger partial charge in [0, 0.05) is 17.0 Å². The lowest BCUT2D eigenvalue weighted by Gasteiger charge is -2.06. The minimum absolute atomic E-state index is 0.663. The molecule has 0 aliphatic heterocycles. The highest BCUT2D eigenvalue weighted by atomic mass is 32.1. The van der Waals surface area contributed by atoms with Crippen molar-refractivity contribution in [3.63, 3.8) is 0 Å². The number of aromatic amines is 1. The zero-order valence-corrected chi connectivity index (χ0v) is 13.0. The molecule has 0 radical (unpaired) electrons. The van der Waals surface area contributed by atoms with Crippen molar-refractivity contribution in [2.75, 3.05) is 20.0 Å². The van der Waals surface area contributed by atoms with Gasteiger partial charge in [-0.2, -0.15) is 0 Å². The van der Waals surface area contributed by atoms with Gasteiger partial charge >= 0.3 is 0 Å². The van der Waals surface area contributed by atoms with Crippen LogP contribution >= 0.6 is 11.3 Å². The highest BCUT2D eigenvalue weighted by molar-refractivity contribution is 7.16. The van der Waals surface area contributed by atoms with E-state index in [2.05, 4.69) is 23.0 Å². The van der Waals surface area contributed by atoms with Crippen LogP contribution in [0.1, 0.15) is 11.8 Å². The maximum Gasteiger partial charge on any atom is 0.163 e. The molecule has 2 heterocycles. The summed E-state index contributed by atoms with van der Waals surface area (Å²) in [5.74, 6) is 2.11. The third-order valence-electron chi connectivity index (χ3n) is 3.40. The number of nitrogens with two attached hydrogens (primary N) is 1. The van der Waals surface area contributed by atoms with Crippen LogP contribution in [0.2, 0.25) is 0 Å². The van der Waals surface area contributed by atoms with Crippen LogP contribution in [-0.4, -0.2) is 24.2 Å². The topological polar surface area (TPSA) is 73.2 Å². The van der Waals surface area contributed by atoms with Crippen molar-refractivity contribution in [1.29, 1.82) is 0 Å². The normalized spacial score (nSPS) is 11.0. The second-order valence-corrected chi connectivity index (χ2v) is 5.82. The summed E-state index contributed by atoms with van der Waals surface area (Å²) in [5, 5.41) is 0.782. The number of nitrogens with zero attached hydrogens (tertiary/aromatic N) is 1. The maximum absolute atomic E-state index is 6.09. The van der Waals surface area contributed by atoms with Gasteiger partial charge in [-0.05, 0) is 12.5 Å². The molecule has 0 amide bonds. The van der Waals surface area contributed by atoms with Crippen LogP contribution in [0.15, 0.2) is 18.2 Å². The molecule has 0 spiro atoms. The van der Waals surface area contributed by atoms with Crippen molar-refractivity contribution in [2.45, 2.75) is 13.3 Å². The van der Waals surface area contributed by atoms with Gasteiger partial charge in [-0.1, -0.05) is 6.92 Å². The number of nitrogens with one attached hydrogen (secondary N) is 1. The predicted octanol–water partition coefficient (Wildman–Crippen LogP) is 3.45. The minimum Gasteiger partial charge on any atom is -0.493 e. The van der Waals surface area contributed by atoms with E-state index >= 15 is 0 Å². The first kappa shape index (κ1) is 13.8. The van der Waals surface area contributed by atoms with Gasteiger partial charge in [-0.3, -0.25) is 0 Å². The van der Waals surface area contributed by atoms with E-state index in [9.17, 15) is 0 Å². The van der Waals surface area contributed by atoms with E-state index in [0.717, 1.165) is 33.8 Å². The lowest BCUT2D eigenvalue weighted by Crippen LogP contribution is -1.89. The minimum atomic E-state index is 0.663. The molecule has 0 unspecified atom stereocenters. The number of thiophene rings is 1. The average Bonchev–Trinajstić information content (AvgIpc) is 3.07.